The molecule has 0 fully saturated rings. The van der Waals surface area contributed by atoms with Gasteiger partial charge in [-0.1, -0.05) is 17.7 Å². The van der Waals surface area contributed by atoms with Crippen LogP contribution in [0.4, 0.5) is 5.69 Å². The molecule has 0 aliphatic heterocycles. The van der Waals surface area contributed by atoms with Crippen molar-refractivity contribution in [3.05, 3.63) is 53.6 Å². The van der Waals surface area contributed by atoms with Crippen LogP contribution in [0.15, 0.2) is 47.4 Å². The summed E-state index contributed by atoms with van der Waals surface area (Å²) in [4.78, 5) is 24.2. The molecule has 0 unspecified atom stereocenters. The molecule has 0 aliphatic rings. The van der Waals surface area contributed by atoms with Crippen molar-refractivity contribution in [2.75, 3.05) is 33.1 Å². The van der Waals surface area contributed by atoms with Gasteiger partial charge in [0.25, 0.3) is 5.91 Å². The van der Waals surface area contributed by atoms with E-state index in [1.807, 2.05) is 13.0 Å². The number of hydrogen-bond donors (Lipinski definition) is 1. The SMILES string of the molecule is COc1ccc(S(=O)(=O)N(C)C)cc1NC(=O)COC(=O)c1cccc(C)c1. The van der Waals surface area contributed by atoms with E-state index in [0.29, 0.717) is 5.56 Å². The molecule has 2 aromatic rings. The Labute approximate surface area is 164 Å². The quantitative estimate of drug-likeness (QED) is 0.706. The van der Waals surface area contributed by atoms with Gasteiger partial charge in [-0.05, 0) is 37.3 Å². The van der Waals surface area contributed by atoms with Crippen molar-refractivity contribution in [1.29, 1.82) is 0 Å². The van der Waals surface area contributed by atoms with Gasteiger partial charge in [0.05, 0.1) is 23.3 Å². The average molecular weight is 406 g/mol. The number of ether oxygens (including phenoxy) is 2. The first kappa shape index (κ1) is 21.4. The molecule has 0 aliphatic carbocycles. The lowest BCUT2D eigenvalue weighted by Gasteiger charge is -2.15. The normalized spacial score (nSPS) is 11.2. The van der Waals surface area contributed by atoms with E-state index in [4.69, 9.17) is 9.47 Å². The molecule has 2 aromatic carbocycles. The number of rotatable bonds is 7. The van der Waals surface area contributed by atoms with Crippen molar-refractivity contribution in [1.82, 2.24) is 4.31 Å². The highest BCUT2D eigenvalue weighted by molar-refractivity contribution is 7.89. The molecule has 0 spiro atoms. The van der Waals surface area contributed by atoms with Gasteiger partial charge >= 0.3 is 5.97 Å². The Balaban J connectivity index is 2.11. The lowest BCUT2D eigenvalue weighted by atomic mass is 10.1. The maximum Gasteiger partial charge on any atom is 0.338 e. The van der Waals surface area contributed by atoms with Gasteiger partial charge in [-0.25, -0.2) is 17.5 Å². The van der Waals surface area contributed by atoms with Crippen molar-refractivity contribution in [3.8, 4) is 5.75 Å². The molecule has 0 saturated heterocycles. The number of esters is 1. The number of nitrogens with one attached hydrogen (secondary N) is 1. The van der Waals surface area contributed by atoms with Gasteiger partial charge in [0.1, 0.15) is 5.75 Å². The first-order chi connectivity index (χ1) is 13.1. The number of nitrogens with zero attached hydrogens (tertiary/aromatic N) is 1. The molecule has 0 atom stereocenters. The second kappa shape index (κ2) is 8.85. The molecular formula is C19H22N2O6S. The summed E-state index contributed by atoms with van der Waals surface area (Å²) >= 11 is 0. The fourth-order valence-electron chi connectivity index (χ4n) is 2.33. The van der Waals surface area contributed by atoms with Gasteiger partial charge in [0.2, 0.25) is 10.0 Å². The molecular weight excluding hydrogens is 384 g/mol. The van der Waals surface area contributed by atoms with Gasteiger partial charge in [0, 0.05) is 14.1 Å². The Morgan fingerprint density at radius 2 is 1.82 bits per heavy atom. The number of anilines is 1. The summed E-state index contributed by atoms with van der Waals surface area (Å²) in [7, 11) is 0.517. The molecule has 1 N–H and O–H groups in total. The van der Waals surface area contributed by atoms with Gasteiger partial charge in [-0.2, -0.15) is 0 Å². The zero-order valence-corrected chi connectivity index (χ0v) is 16.9. The summed E-state index contributed by atoms with van der Waals surface area (Å²) in [5, 5.41) is 2.51. The molecule has 0 heterocycles. The molecule has 8 nitrogen and oxygen atoms in total. The largest absolute Gasteiger partial charge is 0.495 e. The summed E-state index contributed by atoms with van der Waals surface area (Å²) in [6.45, 7) is 1.31. The molecule has 0 aromatic heterocycles. The fourth-order valence-corrected chi connectivity index (χ4v) is 3.26. The predicted octanol–water partition coefficient (Wildman–Crippen LogP) is 2.05. The van der Waals surface area contributed by atoms with E-state index in [1.165, 1.54) is 39.4 Å². The van der Waals surface area contributed by atoms with E-state index in [9.17, 15) is 18.0 Å². The lowest BCUT2D eigenvalue weighted by Crippen LogP contribution is -2.23. The minimum atomic E-state index is -3.68. The van der Waals surface area contributed by atoms with Crippen molar-refractivity contribution < 1.29 is 27.5 Å². The zero-order valence-electron chi connectivity index (χ0n) is 16.1. The minimum Gasteiger partial charge on any atom is -0.495 e. The van der Waals surface area contributed by atoms with Crippen LogP contribution >= 0.6 is 0 Å². The van der Waals surface area contributed by atoms with E-state index in [2.05, 4.69) is 5.32 Å². The van der Waals surface area contributed by atoms with Crippen LogP contribution < -0.4 is 10.1 Å². The number of carbonyl (C=O) groups is 2. The van der Waals surface area contributed by atoms with Crippen LogP contribution in [-0.2, 0) is 19.6 Å². The molecule has 9 heteroatoms. The van der Waals surface area contributed by atoms with Crippen molar-refractivity contribution in [3.63, 3.8) is 0 Å². The van der Waals surface area contributed by atoms with Gasteiger partial charge in [-0.15, -0.1) is 0 Å². The van der Waals surface area contributed by atoms with Crippen LogP contribution in [0.25, 0.3) is 0 Å². The summed E-state index contributed by atoms with van der Waals surface area (Å²) in [5.74, 6) is -0.982. The van der Waals surface area contributed by atoms with Crippen LogP contribution in [0, 0.1) is 6.92 Å². The number of benzene rings is 2. The zero-order chi connectivity index (χ0) is 20.9. The highest BCUT2D eigenvalue weighted by atomic mass is 32.2. The highest BCUT2D eigenvalue weighted by Crippen LogP contribution is 2.28. The second-order valence-corrected chi connectivity index (χ2v) is 8.30. The average Bonchev–Trinajstić information content (AvgIpc) is 2.65. The van der Waals surface area contributed by atoms with E-state index in [0.717, 1.165) is 9.87 Å². The summed E-state index contributed by atoms with van der Waals surface area (Å²) in [6, 6.07) is 10.9. The third kappa shape index (κ3) is 5.08. The van der Waals surface area contributed by atoms with Crippen molar-refractivity contribution in [2.24, 2.45) is 0 Å². The monoisotopic (exact) mass is 406 g/mol. The summed E-state index contributed by atoms with van der Waals surface area (Å²) < 4.78 is 35.8. The second-order valence-electron chi connectivity index (χ2n) is 6.14. The van der Waals surface area contributed by atoms with E-state index in [1.54, 1.807) is 18.2 Å². The molecule has 150 valence electrons. The first-order valence-corrected chi connectivity index (χ1v) is 9.73. The Kier molecular flexibility index (Phi) is 6.76. The Bertz CT molecular complexity index is 986. The number of sulfonamides is 1. The molecule has 1 amide bonds. The minimum absolute atomic E-state index is 0.00893. The van der Waals surface area contributed by atoms with E-state index >= 15 is 0 Å². The molecule has 0 radical (unpaired) electrons. The lowest BCUT2D eigenvalue weighted by molar-refractivity contribution is -0.119. The summed E-state index contributed by atoms with van der Waals surface area (Å²) in [6.07, 6.45) is 0. The van der Waals surface area contributed by atoms with Crippen molar-refractivity contribution >= 4 is 27.6 Å². The first-order valence-electron chi connectivity index (χ1n) is 8.29. The Hall–Kier alpha value is -2.91. The van der Waals surface area contributed by atoms with Gasteiger partial charge in [-0.3, -0.25) is 4.79 Å². The van der Waals surface area contributed by atoms with Crippen LogP contribution in [0.5, 0.6) is 5.75 Å². The van der Waals surface area contributed by atoms with Gasteiger partial charge in [0.15, 0.2) is 6.61 Å². The maximum absolute atomic E-state index is 12.3. The van der Waals surface area contributed by atoms with Crippen LogP contribution in [0.3, 0.4) is 0 Å². The van der Waals surface area contributed by atoms with E-state index < -0.39 is 28.5 Å². The smallest absolute Gasteiger partial charge is 0.338 e. The number of aryl methyl sites for hydroxylation is 1. The third-order valence-electron chi connectivity index (χ3n) is 3.81. The topological polar surface area (TPSA) is 102 Å². The Morgan fingerprint density at radius 1 is 1.11 bits per heavy atom. The third-order valence-corrected chi connectivity index (χ3v) is 5.62. The standard InChI is InChI=1S/C19H22N2O6S/c1-13-6-5-7-14(10-13)19(23)27-12-18(22)20-16-11-15(8-9-17(16)26-4)28(24,25)21(2)3/h5-11H,12H2,1-4H3,(H,20,22). The predicted molar refractivity (Wildman–Crippen MR) is 104 cm³/mol. The molecule has 0 bridgehead atoms. The maximum atomic E-state index is 12.3. The van der Waals surface area contributed by atoms with Crippen molar-refractivity contribution in [2.45, 2.75) is 11.8 Å². The number of methoxy groups -OCH3 is 1. The Morgan fingerprint density at radius 3 is 2.43 bits per heavy atom. The van der Waals surface area contributed by atoms with E-state index in [-0.39, 0.29) is 16.3 Å². The van der Waals surface area contributed by atoms with Crippen LogP contribution in [0.1, 0.15) is 15.9 Å². The molecule has 2 rings (SSSR count). The number of amides is 1. The number of carbonyl (C=O) groups excluding carboxylic acids is 2. The summed E-state index contributed by atoms with van der Waals surface area (Å²) in [5.41, 5.74) is 1.38. The number of hydrogen-bond acceptors (Lipinski definition) is 6. The van der Waals surface area contributed by atoms with Crippen LogP contribution in [0.2, 0.25) is 0 Å². The molecule has 0 saturated carbocycles. The highest BCUT2D eigenvalue weighted by Gasteiger charge is 2.20. The van der Waals surface area contributed by atoms with Crippen LogP contribution in [-0.4, -0.2) is 52.4 Å². The fraction of sp³-hybridized carbons (Fsp3) is 0.263. The molecule has 28 heavy (non-hydrogen) atoms. The van der Waals surface area contributed by atoms with Gasteiger partial charge < -0.3 is 14.8 Å².